The molecule has 5 heterocycles. The number of halogens is 1. The van der Waals surface area contributed by atoms with Crippen LogP contribution in [0.15, 0.2) is 66.9 Å². The Morgan fingerprint density at radius 3 is 2.41 bits per heavy atom. The lowest BCUT2D eigenvalue weighted by Crippen LogP contribution is -2.53. The Labute approximate surface area is 395 Å². The minimum Gasteiger partial charge on any atom is -0.496 e. The minimum absolute atomic E-state index is 0.162. The number of piperidine rings is 2. The molecule has 0 aliphatic carbocycles. The van der Waals surface area contributed by atoms with Crippen molar-refractivity contribution in [3.05, 3.63) is 111 Å². The molecule has 0 spiro atoms. The summed E-state index contributed by atoms with van der Waals surface area (Å²) in [7, 11) is -0.742. The van der Waals surface area contributed by atoms with Crippen molar-refractivity contribution in [2.45, 2.75) is 95.7 Å². The highest BCUT2D eigenvalue weighted by Crippen LogP contribution is 2.37. The van der Waals surface area contributed by atoms with Crippen molar-refractivity contribution in [1.29, 1.82) is 0 Å². The molecule has 4 aliphatic rings. The second kappa shape index (κ2) is 21.7. The average molecular weight is 933 g/mol. The number of hydrogen-bond acceptors (Lipinski definition) is 10. The number of nitrogens with one attached hydrogen (secondary N) is 1. The van der Waals surface area contributed by atoms with E-state index in [1.807, 2.05) is 36.4 Å². The van der Waals surface area contributed by atoms with Gasteiger partial charge in [0.2, 0.25) is 11.8 Å². The van der Waals surface area contributed by atoms with Gasteiger partial charge in [-0.3, -0.25) is 24.6 Å². The van der Waals surface area contributed by atoms with Gasteiger partial charge < -0.3 is 24.0 Å². The monoisotopic (exact) mass is 931 g/mol. The summed E-state index contributed by atoms with van der Waals surface area (Å²) in [6.45, 7) is 11.7. The quantitative estimate of drug-likeness (QED) is 0.0529. The Morgan fingerprint density at radius 2 is 1.64 bits per heavy atom. The third-order valence-corrected chi connectivity index (χ3v) is 15.7. The number of carbonyl (C=O) groups is 3. The largest absolute Gasteiger partial charge is 0.496 e. The standard InChI is InChI=1S/C52H63ClN7O5P/c1-65-47-34-41(20-19-38(47)33-49-54-35-44(53)45(55-49)32-39-15-10-11-18-48(39)66(2,3)64)58-26-23-40(24-27-58)59-30-28-57(29-31-59)25-12-8-6-4-5-7-9-14-37-16-13-17-42-43(37)36-60(52(42)63)46-21-22-50(61)56-51(46)62/h10-11,13,15-20,34-35,40,46H,4-8,12,21-33,36H2,1-3H3,(H,56,61,62). The van der Waals surface area contributed by atoms with Gasteiger partial charge in [-0.1, -0.05) is 79.1 Å². The number of amides is 3. The van der Waals surface area contributed by atoms with E-state index in [-0.39, 0.29) is 18.2 Å². The van der Waals surface area contributed by atoms with E-state index >= 15 is 0 Å². The van der Waals surface area contributed by atoms with Gasteiger partial charge in [0.15, 0.2) is 0 Å². The molecule has 66 heavy (non-hydrogen) atoms. The van der Waals surface area contributed by atoms with Crippen molar-refractivity contribution in [3.63, 3.8) is 0 Å². The van der Waals surface area contributed by atoms with Gasteiger partial charge in [0.1, 0.15) is 24.8 Å². The molecular weight excluding hydrogens is 869 g/mol. The Balaban J connectivity index is 0.718. The maximum Gasteiger partial charge on any atom is 0.255 e. The van der Waals surface area contributed by atoms with Crippen molar-refractivity contribution >= 4 is 47.5 Å². The third kappa shape index (κ3) is 11.5. The van der Waals surface area contributed by atoms with Crippen LogP contribution in [0.3, 0.4) is 0 Å². The van der Waals surface area contributed by atoms with Crippen LogP contribution in [0, 0.1) is 11.8 Å². The van der Waals surface area contributed by atoms with Crippen LogP contribution >= 0.6 is 18.7 Å². The highest BCUT2D eigenvalue weighted by Gasteiger charge is 2.39. The smallest absolute Gasteiger partial charge is 0.255 e. The Hall–Kier alpha value is -5.05. The number of methoxy groups -OCH3 is 1. The van der Waals surface area contributed by atoms with Crippen LogP contribution in [-0.4, -0.2) is 121 Å². The van der Waals surface area contributed by atoms with Gasteiger partial charge in [-0.2, -0.15) is 0 Å². The number of imide groups is 1. The zero-order valence-corrected chi connectivity index (χ0v) is 40.3. The topological polar surface area (TPSA) is 128 Å². The number of unbranched alkanes of at least 4 members (excludes halogenated alkanes) is 5. The van der Waals surface area contributed by atoms with Crippen molar-refractivity contribution in [2.24, 2.45) is 0 Å². The maximum atomic E-state index is 13.1. The molecule has 0 radical (unpaired) electrons. The normalized spacial score (nSPS) is 18.5. The van der Waals surface area contributed by atoms with E-state index in [4.69, 9.17) is 21.3 Å². The first-order valence-corrected chi connectivity index (χ1v) is 26.7. The van der Waals surface area contributed by atoms with Crippen LogP contribution in [0.2, 0.25) is 5.02 Å². The number of benzene rings is 3. The summed E-state index contributed by atoms with van der Waals surface area (Å²) in [5.74, 6) is 7.29. The molecule has 8 rings (SSSR count). The average Bonchev–Trinajstić information content (AvgIpc) is 3.65. The van der Waals surface area contributed by atoms with Crippen molar-refractivity contribution < 1.29 is 23.7 Å². The molecule has 12 nitrogen and oxygen atoms in total. The van der Waals surface area contributed by atoms with E-state index in [0.717, 1.165) is 110 Å². The molecule has 1 unspecified atom stereocenters. The molecule has 3 amide bonds. The molecule has 3 aromatic carbocycles. The molecule has 1 aromatic heterocycles. The lowest BCUT2D eigenvalue weighted by molar-refractivity contribution is -0.136. The molecular formula is C52H63ClN7O5P. The Morgan fingerprint density at radius 1 is 0.864 bits per heavy atom. The van der Waals surface area contributed by atoms with Crippen molar-refractivity contribution in [2.75, 3.05) is 71.2 Å². The number of anilines is 1. The lowest BCUT2D eigenvalue weighted by Gasteiger charge is -2.43. The Bertz CT molecular complexity index is 2520. The van der Waals surface area contributed by atoms with Gasteiger partial charge in [0.25, 0.3) is 5.91 Å². The molecule has 4 aliphatic heterocycles. The van der Waals surface area contributed by atoms with Crippen molar-refractivity contribution in [1.82, 2.24) is 30.0 Å². The van der Waals surface area contributed by atoms with E-state index < -0.39 is 19.1 Å². The fourth-order valence-corrected chi connectivity index (χ4v) is 11.5. The van der Waals surface area contributed by atoms with E-state index in [9.17, 15) is 18.9 Å². The van der Waals surface area contributed by atoms with Crippen LogP contribution in [0.25, 0.3) is 0 Å². The van der Waals surface area contributed by atoms with Crippen LogP contribution in [-0.2, 0) is 33.5 Å². The zero-order valence-electron chi connectivity index (χ0n) is 38.7. The van der Waals surface area contributed by atoms with Gasteiger partial charge in [-0.05, 0) is 81.3 Å². The number of fused-ring (bicyclic) bond motifs is 1. The molecule has 3 saturated heterocycles. The van der Waals surface area contributed by atoms with E-state index in [1.165, 1.54) is 31.5 Å². The first-order chi connectivity index (χ1) is 31.9. The van der Waals surface area contributed by atoms with Crippen LogP contribution < -0.4 is 20.3 Å². The fraction of sp³-hybridized carbons (Fsp3) is 0.481. The SMILES string of the molecule is COc1cc(N2CCC(N3CCN(CCCCCCCC#Cc4cccc5c4CN(C4CCC(=O)NC4=O)C5=O)CC3)CC2)ccc1Cc1ncc(Cl)c(Cc2ccccc2P(C)(C)=O)n1. The first-order valence-electron chi connectivity index (χ1n) is 23.7. The third-order valence-electron chi connectivity index (χ3n) is 13.7. The van der Waals surface area contributed by atoms with Gasteiger partial charge in [0, 0.05) is 117 Å². The summed E-state index contributed by atoms with van der Waals surface area (Å²) in [6, 6.07) is 19.9. The summed E-state index contributed by atoms with van der Waals surface area (Å²) < 4.78 is 18.9. The highest BCUT2D eigenvalue weighted by atomic mass is 35.5. The highest BCUT2D eigenvalue weighted by molar-refractivity contribution is 7.70. The Kier molecular flexibility index (Phi) is 15.6. The number of hydrogen-bond donors (Lipinski definition) is 1. The molecule has 1 N–H and O–H groups in total. The first kappa shape index (κ1) is 47.4. The number of aromatic nitrogens is 2. The van der Waals surface area contributed by atoms with Gasteiger partial charge in [-0.15, -0.1) is 0 Å². The number of nitrogens with zero attached hydrogens (tertiary/aromatic N) is 6. The van der Waals surface area contributed by atoms with Gasteiger partial charge in [-0.25, -0.2) is 9.97 Å². The lowest BCUT2D eigenvalue weighted by atomic mass is 10.0. The van der Waals surface area contributed by atoms with E-state index in [0.29, 0.717) is 48.3 Å². The number of ether oxygens (including phenoxy) is 1. The van der Waals surface area contributed by atoms with E-state index in [2.05, 4.69) is 55.0 Å². The second-order valence-electron chi connectivity index (χ2n) is 18.6. The summed E-state index contributed by atoms with van der Waals surface area (Å²) >= 11 is 6.58. The van der Waals surface area contributed by atoms with E-state index in [1.54, 1.807) is 37.6 Å². The summed E-state index contributed by atoms with van der Waals surface area (Å²) in [5.41, 5.74) is 6.24. The summed E-state index contributed by atoms with van der Waals surface area (Å²) in [5, 5.41) is 3.73. The molecule has 14 heteroatoms. The molecule has 0 bridgehead atoms. The van der Waals surface area contributed by atoms with Gasteiger partial charge in [0.05, 0.1) is 17.8 Å². The molecule has 3 fully saturated rings. The summed E-state index contributed by atoms with van der Waals surface area (Å²) in [4.78, 5) is 56.0. The number of rotatable bonds is 16. The van der Waals surface area contributed by atoms with Crippen LogP contribution in [0.5, 0.6) is 5.75 Å². The van der Waals surface area contributed by atoms with Crippen LogP contribution in [0.4, 0.5) is 5.69 Å². The number of piperazine rings is 1. The molecule has 348 valence electrons. The zero-order chi connectivity index (χ0) is 46.2. The minimum atomic E-state index is -2.46. The predicted octanol–water partition coefficient (Wildman–Crippen LogP) is 7.31. The van der Waals surface area contributed by atoms with Crippen LogP contribution in [0.1, 0.15) is 108 Å². The predicted molar refractivity (Wildman–Crippen MR) is 261 cm³/mol. The molecule has 0 saturated carbocycles. The second-order valence-corrected chi connectivity index (χ2v) is 22.1. The fourth-order valence-electron chi connectivity index (χ4n) is 10.0. The van der Waals surface area contributed by atoms with Crippen molar-refractivity contribution in [3.8, 4) is 17.6 Å². The number of carbonyl (C=O) groups excluding carboxylic acids is 3. The van der Waals surface area contributed by atoms with Gasteiger partial charge >= 0.3 is 0 Å². The molecule has 1 atom stereocenters. The maximum absolute atomic E-state index is 13.1. The molecule has 4 aromatic rings. The summed E-state index contributed by atoms with van der Waals surface area (Å²) in [6.07, 6.45) is 12.3.